The number of fused-ring (bicyclic) bond motifs is 3. The van der Waals surface area contributed by atoms with Crippen LogP contribution in [0.4, 0.5) is 0 Å². The van der Waals surface area contributed by atoms with E-state index in [0.717, 1.165) is 39.5 Å². The molecule has 5 aromatic rings. The number of hydrogen-bond donors (Lipinski definition) is 1. The largest absolute Gasteiger partial charge is 0.507 e. The molecule has 0 fully saturated rings. The molecule has 4 aromatic carbocycles. The predicted octanol–water partition coefficient (Wildman–Crippen LogP) is 6.22. The first-order chi connectivity index (χ1) is 13.3. The standard InChI is InChI=1S/C25H19NO/c27-24-16-20(19-11-5-2-6-12-19)15-23-25(24)21-13-7-8-14-22(21)26(23)17-18-9-3-1-4-10-18/h1-16,27H,17H2. The first kappa shape index (κ1) is 15.7. The molecule has 5 rings (SSSR count). The summed E-state index contributed by atoms with van der Waals surface area (Å²) in [7, 11) is 0. The summed E-state index contributed by atoms with van der Waals surface area (Å²) < 4.78 is 2.30. The number of phenols is 1. The van der Waals surface area contributed by atoms with Gasteiger partial charge in [-0.1, -0.05) is 78.9 Å². The highest BCUT2D eigenvalue weighted by molar-refractivity contribution is 6.12. The molecular formula is C25H19NO. The molecule has 0 amide bonds. The Bertz CT molecular complexity index is 1240. The monoisotopic (exact) mass is 349 g/mol. The third-order valence-corrected chi connectivity index (χ3v) is 5.14. The van der Waals surface area contributed by atoms with Gasteiger partial charge in [0.1, 0.15) is 5.75 Å². The zero-order valence-electron chi connectivity index (χ0n) is 14.8. The van der Waals surface area contributed by atoms with Crippen LogP contribution in [0.15, 0.2) is 97.1 Å². The van der Waals surface area contributed by atoms with Gasteiger partial charge < -0.3 is 9.67 Å². The molecule has 2 nitrogen and oxygen atoms in total. The maximum atomic E-state index is 10.9. The van der Waals surface area contributed by atoms with Gasteiger partial charge >= 0.3 is 0 Å². The number of hydrogen-bond acceptors (Lipinski definition) is 1. The molecule has 0 saturated heterocycles. The molecule has 2 heteroatoms. The second kappa shape index (κ2) is 6.33. The van der Waals surface area contributed by atoms with E-state index in [2.05, 4.69) is 65.2 Å². The highest BCUT2D eigenvalue weighted by Crippen LogP contribution is 2.38. The van der Waals surface area contributed by atoms with Gasteiger partial charge in [-0.05, 0) is 34.9 Å². The van der Waals surface area contributed by atoms with E-state index in [9.17, 15) is 5.11 Å². The fraction of sp³-hybridized carbons (Fsp3) is 0.0400. The van der Waals surface area contributed by atoms with Crippen molar-refractivity contribution in [3.63, 3.8) is 0 Å². The van der Waals surface area contributed by atoms with Gasteiger partial charge in [0.25, 0.3) is 0 Å². The Labute approximate surface area is 157 Å². The van der Waals surface area contributed by atoms with Gasteiger partial charge in [0, 0.05) is 22.8 Å². The Morgan fingerprint density at radius 3 is 2.07 bits per heavy atom. The van der Waals surface area contributed by atoms with Crippen LogP contribution < -0.4 is 0 Å². The van der Waals surface area contributed by atoms with Gasteiger partial charge in [-0.15, -0.1) is 0 Å². The number of para-hydroxylation sites is 1. The minimum atomic E-state index is 0.328. The van der Waals surface area contributed by atoms with Gasteiger partial charge in [0.2, 0.25) is 0 Å². The lowest BCUT2D eigenvalue weighted by atomic mass is 10.0. The summed E-state index contributed by atoms with van der Waals surface area (Å²) in [5, 5.41) is 12.9. The van der Waals surface area contributed by atoms with E-state index >= 15 is 0 Å². The highest BCUT2D eigenvalue weighted by atomic mass is 16.3. The molecule has 0 aliphatic rings. The molecule has 0 spiro atoms. The number of nitrogens with zero attached hydrogens (tertiary/aromatic N) is 1. The fourth-order valence-corrected chi connectivity index (χ4v) is 3.88. The van der Waals surface area contributed by atoms with E-state index in [0.29, 0.717) is 5.75 Å². The van der Waals surface area contributed by atoms with Crippen LogP contribution >= 0.6 is 0 Å². The average Bonchev–Trinajstić information content (AvgIpc) is 3.04. The Morgan fingerprint density at radius 1 is 0.630 bits per heavy atom. The van der Waals surface area contributed by atoms with Crippen LogP contribution in [0.1, 0.15) is 5.56 Å². The van der Waals surface area contributed by atoms with Crippen LogP contribution in [-0.4, -0.2) is 9.67 Å². The van der Waals surface area contributed by atoms with Crippen LogP contribution in [0.2, 0.25) is 0 Å². The van der Waals surface area contributed by atoms with E-state index < -0.39 is 0 Å². The van der Waals surface area contributed by atoms with Crippen molar-refractivity contribution in [2.45, 2.75) is 6.54 Å². The lowest BCUT2D eigenvalue weighted by Gasteiger charge is -2.10. The molecule has 130 valence electrons. The van der Waals surface area contributed by atoms with Crippen molar-refractivity contribution >= 4 is 21.8 Å². The summed E-state index contributed by atoms with van der Waals surface area (Å²) >= 11 is 0. The van der Waals surface area contributed by atoms with Crippen LogP contribution in [0.25, 0.3) is 32.9 Å². The summed E-state index contributed by atoms with van der Waals surface area (Å²) in [5.41, 5.74) is 5.56. The Kier molecular flexibility index (Phi) is 3.68. The fourth-order valence-electron chi connectivity index (χ4n) is 3.88. The van der Waals surface area contributed by atoms with Gasteiger partial charge in [0.05, 0.1) is 5.52 Å². The third kappa shape index (κ3) is 2.67. The average molecular weight is 349 g/mol. The molecule has 1 N–H and O–H groups in total. The maximum absolute atomic E-state index is 10.9. The molecule has 0 unspecified atom stereocenters. The Morgan fingerprint density at radius 2 is 1.30 bits per heavy atom. The Balaban J connectivity index is 1.81. The molecule has 0 saturated carbocycles. The van der Waals surface area contributed by atoms with Crippen molar-refractivity contribution in [1.29, 1.82) is 0 Å². The van der Waals surface area contributed by atoms with E-state index in [1.54, 1.807) is 0 Å². The number of phenolic OH excluding ortho intramolecular Hbond substituents is 1. The summed E-state index contributed by atoms with van der Waals surface area (Å²) in [6.45, 7) is 0.766. The normalized spacial score (nSPS) is 11.3. The van der Waals surface area contributed by atoms with Crippen molar-refractivity contribution in [1.82, 2.24) is 4.57 Å². The first-order valence-electron chi connectivity index (χ1n) is 9.14. The molecule has 0 aliphatic carbocycles. The van der Waals surface area contributed by atoms with Gasteiger partial charge in [-0.2, -0.15) is 0 Å². The zero-order chi connectivity index (χ0) is 18.2. The van der Waals surface area contributed by atoms with Crippen LogP contribution in [0.3, 0.4) is 0 Å². The van der Waals surface area contributed by atoms with Gasteiger partial charge in [0.15, 0.2) is 0 Å². The van der Waals surface area contributed by atoms with Gasteiger partial charge in [-0.3, -0.25) is 0 Å². The Hall–Kier alpha value is -3.52. The SMILES string of the molecule is Oc1cc(-c2ccccc2)cc2c1c1ccccc1n2Cc1ccccc1. The van der Waals surface area contributed by atoms with Crippen LogP contribution in [0.5, 0.6) is 5.75 Å². The molecule has 0 radical (unpaired) electrons. The molecule has 0 bridgehead atoms. The first-order valence-corrected chi connectivity index (χ1v) is 9.14. The third-order valence-electron chi connectivity index (χ3n) is 5.14. The molecule has 0 aliphatic heterocycles. The van der Waals surface area contributed by atoms with Crippen molar-refractivity contribution in [2.75, 3.05) is 0 Å². The summed E-state index contributed by atoms with van der Waals surface area (Å²) in [5.74, 6) is 0.328. The zero-order valence-corrected chi connectivity index (χ0v) is 14.8. The topological polar surface area (TPSA) is 25.2 Å². The van der Waals surface area contributed by atoms with Crippen molar-refractivity contribution in [3.8, 4) is 16.9 Å². The highest BCUT2D eigenvalue weighted by Gasteiger charge is 2.15. The van der Waals surface area contributed by atoms with E-state index in [1.165, 1.54) is 5.56 Å². The van der Waals surface area contributed by atoms with E-state index in [-0.39, 0.29) is 0 Å². The van der Waals surface area contributed by atoms with Crippen molar-refractivity contribution < 1.29 is 5.11 Å². The number of aromatic nitrogens is 1. The van der Waals surface area contributed by atoms with Crippen LogP contribution in [0, 0.1) is 0 Å². The van der Waals surface area contributed by atoms with E-state index in [1.807, 2.05) is 36.4 Å². The summed E-state index contributed by atoms with van der Waals surface area (Å²) in [6.07, 6.45) is 0. The number of rotatable bonds is 3. The second-order valence-corrected chi connectivity index (χ2v) is 6.84. The van der Waals surface area contributed by atoms with E-state index in [4.69, 9.17) is 0 Å². The molecule has 1 heterocycles. The minimum Gasteiger partial charge on any atom is -0.507 e. The predicted molar refractivity (Wildman–Crippen MR) is 112 cm³/mol. The second-order valence-electron chi connectivity index (χ2n) is 6.84. The molecule has 1 aromatic heterocycles. The van der Waals surface area contributed by atoms with Gasteiger partial charge in [-0.25, -0.2) is 0 Å². The maximum Gasteiger partial charge on any atom is 0.126 e. The smallest absolute Gasteiger partial charge is 0.126 e. The lowest BCUT2D eigenvalue weighted by Crippen LogP contribution is -1.99. The molecule has 0 atom stereocenters. The van der Waals surface area contributed by atoms with Crippen LogP contribution in [-0.2, 0) is 6.54 Å². The minimum absolute atomic E-state index is 0.328. The quantitative estimate of drug-likeness (QED) is 0.411. The summed E-state index contributed by atoms with van der Waals surface area (Å²) in [6, 6.07) is 33.0. The molecule has 27 heavy (non-hydrogen) atoms. The summed E-state index contributed by atoms with van der Waals surface area (Å²) in [4.78, 5) is 0. The number of benzene rings is 4. The van der Waals surface area contributed by atoms with Crippen molar-refractivity contribution in [2.24, 2.45) is 0 Å². The van der Waals surface area contributed by atoms with Crippen molar-refractivity contribution in [3.05, 3.63) is 103 Å². The molecular weight excluding hydrogens is 330 g/mol. The lowest BCUT2D eigenvalue weighted by molar-refractivity contribution is 0.482. The number of aromatic hydroxyl groups is 1.